The minimum absolute atomic E-state index is 0.233. The van der Waals surface area contributed by atoms with E-state index in [0.29, 0.717) is 36.0 Å². The Morgan fingerprint density at radius 2 is 1.85 bits per heavy atom. The molecule has 0 aliphatic heterocycles. The molecule has 1 aromatic heterocycles. The number of ether oxygens (including phenoxy) is 1. The smallest absolute Gasteiger partial charge is 0.165 e. The lowest BCUT2D eigenvalue weighted by atomic mass is 10.1. The van der Waals surface area contributed by atoms with E-state index in [9.17, 15) is 8.78 Å². The third kappa shape index (κ3) is 5.49. The van der Waals surface area contributed by atoms with Gasteiger partial charge in [-0.05, 0) is 49.6 Å². The van der Waals surface area contributed by atoms with Gasteiger partial charge in [0.05, 0.1) is 18.0 Å². The minimum Gasteiger partial charge on any atom is -0.491 e. The first-order valence-corrected chi connectivity index (χ1v) is 9.23. The van der Waals surface area contributed by atoms with Gasteiger partial charge >= 0.3 is 0 Å². The van der Waals surface area contributed by atoms with Gasteiger partial charge in [0.25, 0.3) is 0 Å². The monoisotopic (exact) mass is 362 g/mol. The summed E-state index contributed by atoms with van der Waals surface area (Å²) >= 11 is 0. The largest absolute Gasteiger partial charge is 0.491 e. The average Bonchev–Trinajstić information content (AvgIpc) is 2.62. The number of nitrogens with one attached hydrogen (secondary N) is 1. The second-order valence-corrected chi connectivity index (χ2v) is 6.89. The minimum atomic E-state index is -0.433. The number of hydrogen-bond donors (Lipinski definition) is 1. The summed E-state index contributed by atoms with van der Waals surface area (Å²) in [6.07, 6.45) is 1.87. The SMILES string of the molecule is CCCCOc1ccc(-c2ccc(F)c(CN[C@H](C)C(C)C)n2)cc1F. The fourth-order valence-electron chi connectivity index (χ4n) is 2.37. The van der Waals surface area contributed by atoms with Crippen molar-refractivity contribution in [3.63, 3.8) is 0 Å². The van der Waals surface area contributed by atoms with E-state index in [1.807, 2.05) is 0 Å². The van der Waals surface area contributed by atoms with E-state index in [2.05, 4.69) is 38.0 Å². The molecule has 0 amide bonds. The lowest BCUT2D eigenvalue weighted by Crippen LogP contribution is -2.30. The van der Waals surface area contributed by atoms with Gasteiger partial charge in [0.2, 0.25) is 0 Å². The molecule has 3 nitrogen and oxygen atoms in total. The quantitative estimate of drug-likeness (QED) is 0.612. The first-order chi connectivity index (χ1) is 12.4. The molecule has 2 rings (SSSR count). The molecule has 0 spiro atoms. The van der Waals surface area contributed by atoms with Crippen LogP contribution in [0, 0.1) is 17.6 Å². The summed E-state index contributed by atoms with van der Waals surface area (Å²) < 4.78 is 33.7. The van der Waals surface area contributed by atoms with Crippen LogP contribution in [-0.4, -0.2) is 17.6 Å². The molecule has 0 radical (unpaired) electrons. The van der Waals surface area contributed by atoms with Gasteiger partial charge in [-0.2, -0.15) is 0 Å². The number of benzene rings is 1. The molecule has 0 aliphatic carbocycles. The number of unbranched alkanes of at least 4 members (excludes halogenated alkanes) is 1. The third-order valence-corrected chi connectivity index (χ3v) is 4.49. The van der Waals surface area contributed by atoms with Crippen molar-refractivity contribution in [3.05, 3.63) is 47.7 Å². The molecule has 142 valence electrons. The van der Waals surface area contributed by atoms with Crippen molar-refractivity contribution < 1.29 is 13.5 Å². The van der Waals surface area contributed by atoms with Crippen molar-refractivity contribution in [1.29, 1.82) is 0 Å². The molecular formula is C21H28F2N2O. The molecule has 0 saturated heterocycles. The van der Waals surface area contributed by atoms with Crippen LogP contribution >= 0.6 is 0 Å². The van der Waals surface area contributed by atoms with Crippen LogP contribution in [0.5, 0.6) is 5.75 Å². The van der Waals surface area contributed by atoms with Crippen LogP contribution in [-0.2, 0) is 6.54 Å². The zero-order valence-electron chi connectivity index (χ0n) is 16.0. The van der Waals surface area contributed by atoms with Crippen LogP contribution in [0.1, 0.15) is 46.2 Å². The highest BCUT2D eigenvalue weighted by Crippen LogP contribution is 2.25. The average molecular weight is 362 g/mol. The summed E-state index contributed by atoms with van der Waals surface area (Å²) in [5.41, 5.74) is 1.47. The summed E-state index contributed by atoms with van der Waals surface area (Å²) in [5, 5.41) is 3.27. The van der Waals surface area contributed by atoms with E-state index >= 15 is 0 Å². The highest BCUT2D eigenvalue weighted by Gasteiger charge is 2.12. The van der Waals surface area contributed by atoms with Crippen LogP contribution in [0.25, 0.3) is 11.3 Å². The van der Waals surface area contributed by atoms with E-state index in [0.717, 1.165) is 12.8 Å². The summed E-state index contributed by atoms with van der Waals surface area (Å²) in [5.74, 6) is -0.123. The van der Waals surface area contributed by atoms with E-state index in [-0.39, 0.29) is 17.6 Å². The third-order valence-electron chi connectivity index (χ3n) is 4.49. The fourth-order valence-corrected chi connectivity index (χ4v) is 2.37. The van der Waals surface area contributed by atoms with Crippen LogP contribution in [0.2, 0.25) is 0 Å². The maximum Gasteiger partial charge on any atom is 0.165 e. The second kappa shape index (κ2) is 9.62. The molecule has 1 N–H and O–H groups in total. The van der Waals surface area contributed by atoms with Crippen LogP contribution in [0.15, 0.2) is 30.3 Å². The molecule has 1 atom stereocenters. The van der Waals surface area contributed by atoms with Crippen molar-refractivity contribution in [2.45, 2.75) is 53.1 Å². The Kier molecular flexibility index (Phi) is 7.51. The molecule has 2 aromatic rings. The first-order valence-electron chi connectivity index (χ1n) is 9.23. The molecule has 0 bridgehead atoms. The van der Waals surface area contributed by atoms with Crippen molar-refractivity contribution in [1.82, 2.24) is 10.3 Å². The Balaban J connectivity index is 2.15. The number of pyridine rings is 1. The molecule has 0 fully saturated rings. The van der Waals surface area contributed by atoms with E-state index in [4.69, 9.17) is 4.74 Å². The Labute approximate surface area is 154 Å². The van der Waals surface area contributed by atoms with E-state index < -0.39 is 5.82 Å². The van der Waals surface area contributed by atoms with Gasteiger partial charge < -0.3 is 10.1 Å². The maximum atomic E-state index is 14.2. The molecular weight excluding hydrogens is 334 g/mol. The maximum absolute atomic E-state index is 14.2. The van der Waals surface area contributed by atoms with Gasteiger partial charge in [-0.25, -0.2) is 13.8 Å². The number of aromatic nitrogens is 1. The Hall–Kier alpha value is -2.01. The molecule has 5 heteroatoms. The first kappa shape index (κ1) is 20.3. The second-order valence-electron chi connectivity index (χ2n) is 6.89. The van der Waals surface area contributed by atoms with Gasteiger partial charge in [0.15, 0.2) is 11.6 Å². The lowest BCUT2D eigenvalue weighted by Gasteiger charge is -2.17. The van der Waals surface area contributed by atoms with E-state index in [1.54, 1.807) is 18.2 Å². The Morgan fingerprint density at radius 3 is 2.50 bits per heavy atom. The fraction of sp³-hybridized carbons (Fsp3) is 0.476. The number of nitrogens with zero attached hydrogens (tertiary/aromatic N) is 1. The molecule has 0 saturated carbocycles. The van der Waals surface area contributed by atoms with Gasteiger partial charge in [0, 0.05) is 18.2 Å². The van der Waals surface area contributed by atoms with Gasteiger partial charge in [-0.15, -0.1) is 0 Å². The molecule has 26 heavy (non-hydrogen) atoms. The van der Waals surface area contributed by atoms with E-state index in [1.165, 1.54) is 12.1 Å². The van der Waals surface area contributed by atoms with Crippen molar-refractivity contribution in [2.75, 3.05) is 6.61 Å². The number of hydrogen-bond acceptors (Lipinski definition) is 3. The molecule has 1 aromatic carbocycles. The van der Waals surface area contributed by atoms with Gasteiger partial charge in [0.1, 0.15) is 5.82 Å². The zero-order valence-corrected chi connectivity index (χ0v) is 16.0. The normalized spacial score (nSPS) is 12.4. The zero-order chi connectivity index (χ0) is 19.1. The topological polar surface area (TPSA) is 34.1 Å². The van der Waals surface area contributed by atoms with Crippen LogP contribution in [0.3, 0.4) is 0 Å². The lowest BCUT2D eigenvalue weighted by molar-refractivity contribution is 0.294. The van der Waals surface area contributed by atoms with Crippen LogP contribution < -0.4 is 10.1 Å². The molecule has 0 unspecified atom stereocenters. The highest BCUT2D eigenvalue weighted by molar-refractivity contribution is 5.60. The van der Waals surface area contributed by atoms with Crippen molar-refractivity contribution in [2.24, 2.45) is 5.92 Å². The summed E-state index contributed by atoms with van der Waals surface area (Å²) in [6.45, 7) is 9.14. The van der Waals surface area contributed by atoms with Gasteiger partial charge in [-0.1, -0.05) is 27.2 Å². The van der Waals surface area contributed by atoms with Gasteiger partial charge in [-0.3, -0.25) is 0 Å². The highest BCUT2D eigenvalue weighted by atomic mass is 19.1. The number of halogens is 2. The molecule has 0 aliphatic rings. The predicted octanol–water partition coefficient (Wildman–Crippen LogP) is 5.34. The Morgan fingerprint density at radius 1 is 1.08 bits per heavy atom. The summed E-state index contributed by atoms with van der Waals surface area (Å²) in [6, 6.07) is 7.93. The van der Waals surface area contributed by atoms with Crippen molar-refractivity contribution >= 4 is 0 Å². The summed E-state index contributed by atoms with van der Waals surface area (Å²) in [4.78, 5) is 4.38. The summed E-state index contributed by atoms with van der Waals surface area (Å²) in [7, 11) is 0. The number of rotatable bonds is 9. The van der Waals surface area contributed by atoms with Crippen molar-refractivity contribution in [3.8, 4) is 17.0 Å². The van der Waals surface area contributed by atoms with Crippen LogP contribution in [0.4, 0.5) is 8.78 Å². The Bertz CT molecular complexity index is 719. The predicted molar refractivity (Wildman–Crippen MR) is 101 cm³/mol. The molecule has 1 heterocycles. The standard InChI is InChI=1S/C21H28F2N2O/c1-5-6-11-26-21-10-7-16(12-18(21)23)19-9-8-17(22)20(25-19)13-24-15(4)14(2)3/h7-10,12,14-15,24H,5-6,11,13H2,1-4H3/t15-/m1/s1.